The molecule has 136 valence electrons. The summed E-state index contributed by atoms with van der Waals surface area (Å²) in [6, 6.07) is 1.90. The molecule has 3 rings (SSSR count). The zero-order valence-electron chi connectivity index (χ0n) is 15.2. The molecular weight excluding hydrogens is 320 g/mol. The van der Waals surface area contributed by atoms with E-state index in [0.29, 0.717) is 23.9 Å². The minimum atomic E-state index is -1.00. The first-order valence-corrected chi connectivity index (χ1v) is 8.68. The van der Waals surface area contributed by atoms with Gasteiger partial charge in [-0.2, -0.15) is 5.10 Å². The molecule has 25 heavy (non-hydrogen) atoms. The molecule has 2 heterocycles. The van der Waals surface area contributed by atoms with Crippen LogP contribution in [0.25, 0.3) is 0 Å². The summed E-state index contributed by atoms with van der Waals surface area (Å²) in [6.45, 7) is 5.98. The van der Waals surface area contributed by atoms with E-state index in [1.54, 1.807) is 35.5 Å². The van der Waals surface area contributed by atoms with Gasteiger partial charge in [-0.05, 0) is 45.6 Å². The van der Waals surface area contributed by atoms with Crippen LogP contribution in [0.5, 0.6) is 0 Å². The highest BCUT2D eigenvalue weighted by Crippen LogP contribution is 2.27. The van der Waals surface area contributed by atoms with Crippen molar-refractivity contribution < 1.29 is 9.90 Å². The highest BCUT2D eigenvalue weighted by Gasteiger charge is 2.30. The zero-order valence-corrected chi connectivity index (χ0v) is 15.2. The van der Waals surface area contributed by atoms with Gasteiger partial charge in [0.1, 0.15) is 17.0 Å². The Morgan fingerprint density at radius 1 is 1.44 bits per heavy atom. The third-order valence-corrected chi connectivity index (χ3v) is 4.91. The van der Waals surface area contributed by atoms with Crippen LogP contribution in [0.1, 0.15) is 55.0 Å². The van der Waals surface area contributed by atoms with E-state index < -0.39 is 5.60 Å². The molecule has 1 aliphatic carbocycles. The third kappa shape index (κ3) is 3.89. The van der Waals surface area contributed by atoms with E-state index in [-0.39, 0.29) is 11.9 Å². The highest BCUT2D eigenvalue weighted by atomic mass is 16.3. The molecule has 0 spiro atoms. The molecule has 1 saturated carbocycles. The molecule has 1 aliphatic rings. The maximum absolute atomic E-state index is 12.4. The van der Waals surface area contributed by atoms with E-state index in [1.807, 2.05) is 14.0 Å². The van der Waals surface area contributed by atoms with Gasteiger partial charge in [0.15, 0.2) is 0 Å². The number of nitrogens with zero attached hydrogens (tertiary/aromatic N) is 5. The number of rotatable bonds is 5. The van der Waals surface area contributed by atoms with E-state index in [2.05, 4.69) is 20.7 Å². The fourth-order valence-corrected chi connectivity index (χ4v) is 3.27. The number of aromatic nitrogens is 5. The van der Waals surface area contributed by atoms with Crippen LogP contribution in [-0.4, -0.2) is 41.8 Å². The molecule has 2 aromatic heterocycles. The first-order chi connectivity index (χ1) is 11.7. The summed E-state index contributed by atoms with van der Waals surface area (Å²) in [5, 5.41) is 25.5. The van der Waals surface area contributed by atoms with Gasteiger partial charge in [-0.1, -0.05) is 11.6 Å². The van der Waals surface area contributed by atoms with Crippen molar-refractivity contribution in [3.8, 4) is 0 Å². The number of aryl methyl sites for hydroxylation is 2. The number of hydrogen-bond donors (Lipinski definition) is 2. The van der Waals surface area contributed by atoms with Crippen molar-refractivity contribution in [2.75, 3.05) is 0 Å². The highest BCUT2D eigenvalue weighted by molar-refractivity contribution is 5.92. The summed E-state index contributed by atoms with van der Waals surface area (Å²) in [4.78, 5) is 12.4. The molecule has 2 atom stereocenters. The van der Waals surface area contributed by atoms with E-state index in [1.165, 1.54) is 0 Å². The van der Waals surface area contributed by atoms with Crippen molar-refractivity contribution in [2.24, 2.45) is 13.0 Å². The molecule has 0 aliphatic heterocycles. The number of hydrogen-bond acceptors (Lipinski definition) is 5. The van der Waals surface area contributed by atoms with Gasteiger partial charge in [0.25, 0.3) is 5.91 Å². The summed E-state index contributed by atoms with van der Waals surface area (Å²) in [5.41, 5.74) is 0.957. The maximum atomic E-state index is 12.4. The first kappa shape index (κ1) is 17.6. The van der Waals surface area contributed by atoms with Gasteiger partial charge in [-0.15, -0.1) is 5.10 Å². The largest absolute Gasteiger partial charge is 0.384 e. The van der Waals surface area contributed by atoms with Crippen molar-refractivity contribution in [1.29, 1.82) is 0 Å². The van der Waals surface area contributed by atoms with Gasteiger partial charge in [-0.3, -0.25) is 14.2 Å². The predicted octanol–water partition coefficient (Wildman–Crippen LogP) is 1.15. The van der Waals surface area contributed by atoms with Crippen molar-refractivity contribution in [1.82, 2.24) is 30.1 Å². The Labute approximate surface area is 147 Å². The summed E-state index contributed by atoms with van der Waals surface area (Å²) in [6.07, 6.45) is 4.84. The van der Waals surface area contributed by atoms with Crippen LogP contribution < -0.4 is 5.32 Å². The van der Waals surface area contributed by atoms with Gasteiger partial charge in [-0.25, -0.2) is 0 Å². The molecule has 0 radical (unpaired) electrons. The summed E-state index contributed by atoms with van der Waals surface area (Å²) >= 11 is 0. The summed E-state index contributed by atoms with van der Waals surface area (Å²) in [7, 11) is 1.83. The molecule has 0 unspecified atom stereocenters. The lowest BCUT2D eigenvalue weighted by Crippen LogP contribution is -2.39. The molecule has 0 saturated heterocycles. The minimum Gasteiger partial charge on any atom is -0.384 e. The topological polar surface area (TPSA) is 97.9 Å². The average molecular weight is 346 g/mol. The molecule has 2 N–H and O–H groups in total. The van der Waals surface area contributed by atoms with E-state index in [4.69, 9.17) is 0 Å². The molecule has 1 amide bonds. The smallest absolute Gasteiger partial charge is 0.272 e. The molecular formula is C17H26N6O2. The maximum Gasteiger partial charge on any atom is 0.272 e. The van der Waals surface area contributed by atoms with Crippen LogP contribution in [0.15, 0.2) is 12.3 Å². The molecule has 8 heteroatoms. The van der Waals surface area contributed by atoms with Crippen LogP contribution >= 0.6 is 0 Å². The second-order valence-electron chi connectivity index (χ2n) is 7.45. The Kier molecular flexibility index (Phi) is 4.64. The van der Waals surface area contributed by atoms with Crippen LogP contribution in [0.4, 0.5) is 0 Å². The molecule has 2 aromatic rings. The van der Waals surface area contributed by atoms with Gasteiger partial charge in [0.05, 0.1) is 6.20 Å². The normalized spacial score (nSPS) is 20.8. The predicted molar refractivity (Wildman–Crippen MR) is 91.8 cm³/mol. The van der Waals surface area contributed by atoms with Gasteiger partial charge >= 0.3 is 0 Å². The third-order valence-electron chi connectivity index (χ3n) is 4.91. The standard InChI is InChI=1S/C17H26N6O2/c1-11-8-14(20-22(11)4)16(24)18-13-7-5-6-12(13)9-23-10-15(19-21-23)17(2,3)25/h8,10,12-13,25H,5-7,9H2,1-4H3,(H,18,24)/t12-,13-/m1/s1. The Morgan fingerprint density at radius 2 is 2.20 bits per heavy atom. The van der Waals surface area contributed by atoms with E-state index in [0.717, 1.165) is 25.0 Å². The van der Waals surface area contributed by atoms with Gasteiger partial charge in [0.2, 0.25) is 0 Å². The number of carbonyl (C=O) groups is 1. The first-order valence-electron chi connectivity index (χ1n) is 8.68. The molecule has 1 fully saturated rings. The average Bonchev–Trinajstić information content (AvgIpc) is 3.22. The van der Waals surface area contributed by atoms with E-state index in [9.17, 15) is 9.90 Å². The van der Waals surface area contributed by atoms with Crippen LogP contribution in [-0.2, 0) is 19.2 Å². The lowest BCUT2D eigenvalue weighted by Gasteiger charge is -2.20. The fraction of sp³-hybridized carbons (Fsp3) is 0.647. The Bertz CT molecular complexity index is 738. The Morgan fingerprint density at radius 3 is 2.80 bits per heavy atom. The second-order valence-corrected chi connectivity index (χ2v) is 7.45. The van der Waals surface area contributed by atoms with Crippen LogP contribution in [0.2, 0.25) is 0 Å². The number of amides is 1. The lowest BCUT2D eigenvalue weighted by atomic mass is 10.0. The monoisotopic (exact) mass is 346 g/mol. The minimum absolute atomic E-state index is 0.101. The van der Waals surface area contributed by atoms with Gasteiger partial charge < -0.3 is 10.4 Å². The number of carbonyl (C=O) groups excluding carboxylic acids is 1. The molecule has 0 aromatic carbocycles. The van der Waals surface area contributed by atoms with Crippen molar-refractivity contribution in [2.45, 2.75) is 58.2 Å². The van der Waals surface area contributed by atoms with Crippen molar-refractivity contribution in [3.63, 3.8) is 0 Å². The van der Waals surface area contributed by atoms with Crippen LogP contribution in [0, 0.1) is 12.8 Å². The van der Waals surface area contributed by atoms with Crippen molar-refractivity contribution >= 4 is 5.91 Å². The SMILES string of the molecule is Cc1cc(C(=O)N[C@@H]2CCC[C@@H]2Cn2cc(C(C)(C)O)nn2)nn1C. The number of nitrogens with one attached hydrogen (secondary N) is 1. The summed E-state index contributed by atoms with van der Waals surface area (Å²) < 4.78 is 3.46. The zero-order chi connectivity index (χ0) is 18.2. The second kappa shape index (κ2) is 6.59. The molecule has 0 bridgehead atoms. The Hall–Kier alpha value is -2.22. The lowest BCUT2D eigenvalue weighted by molar-refractivity contribution is 0.0737. The number of aliphatic hydroxyl groups is 1. The van der Waals surface area contributed by atoms with E-state index >= 15 is 0 Å². The van der Waals surface area contributed by atoms with Crippen LogP contribution in [0.3, 0.4) is 0 Å². The Balaban J connectivity index is 1.64. The van der Waals surface area contributed by atoms with Crippen molar-refractivity contribution in [3.05, 3.63) is 29.3 Å². The fourth-order valence-electron chi connectivity index (χ4n) is 3.27. The molecule has 8 nitrogen and oxygen atoms in total. The van der Waals surface area contributed by atoms with Gasteiger partial charge in [0, 0.05) is 25.3 Å². The quantitative estimate of drug-likeness (QED) is 0.846. The summed E-state index contributed by atoms with van der Waals surface area (Å²) in [5.74, 6) is 0.168.